The maximum Gasteiger partial charge on any atom is 0.326 e. The number of nitrogens with zero attached hydrogens (tertiary/aromatic N) is 1. The van der Waals surface area contributed by atoms with Crippen molar-refractivity contribution in [3.8, 4) is 5.75 Å². The summed E-state index contributed by atoms with van der Waals surface area (Å²) in [5, 5.41) is 12.0. The van der Waals surface area contributed by atoms with Gasteiger partial charge in [0.15, 0.2) is 11.6 Å². The molecule has 2 fully saturated rings. The van der Waals surface area contributed by atoms with Gasteiger partial charge in [0, 0.05) is 6.61 Å². The Morgan fingerprint density at radius 1 is 1.26 bits per heavy atom. The highest BCUT2D eigenvalue weighted by Crippen LogP contribution is 2.47. The molecule has 1 saturated carbocycles. The number of imide groups is 1. The fourth-order valence-corrected chi connectivity index (χ4v) is 5.03. The molecule has 3 rings (SSSR count). The molecule has 1 aromatic rings. The summed E-state index contributed by atoms with van der Waals surface area (Å²) < 4.78 is 53.0. The van der Waals surface area contributed by atoms with E-state index in [1.54, 1.807) is 13.8 Å². The van der Waals surface area contributed by atoms with Gasteiger partial charge in [-0.25, -0.2) is 22.3 Å². The quantitative estimate of drug-likeness (QED) is 0.292. The number of hydrogen-bond donors (Lipinski definition) is 3. The number of rotatable bonds is 12. The molecule has 0 spiro atoms. The van der Waals surface area contributed by atoms with Crippen molar-refractivity contribution < 1.29 is 37.0 Å². The van der Waals surface area contributed by atoms with Crippen molar-refractivity contribution in [3.63, 3.8) is 0 Å². The Bertz CT molecular complexity index is 1050. The number of ether oxygens (including phenoxy) is 2. The van der Waals surface area contributed by atoms with Crippen LogP contribution >= 0.6 is 0 Å². The van der Waals surface area contributed by atoms with Crippen LogP contribution in [0.15, 0.2) is 18.2 Å². The molecular formula is C22H32FN3O7S. The second kappa shape index (κ2) is 9.40. The van der Waals surface area contributed by atoms with E-state index in [0.717, 1.165) is 0 Å². The van der Waals surface area contributed by atoms with Crippen LogP contribution in [-0.2, 0) is 25.1 Å². The highest BCUT2D eigenvalue weighted by molar-refractivity contribution is 7.89. The molecular weight excluding hydrogens is 469 g/mol. The maximum atomic E-state index is 14.1. The van der Waals surface area contributed by atoms with E-state index < -0.39 is 44.5 Å². The van der Waals surface area contributed by atoms with E-state index in [0.29, 0.717) is 18.4 Å². The van der Waals surface area contributed by atoms with Crippen LogP contribution in [0.1, 0.15) is 52.5 Å². The fourth-order valence-electron chi connectivity index (χ4n) is 3.51. The van der Waals surface area contributed by atoms with Crippen LogP contribution < -0.4 is 14.8 Å². The first kappa shape index (κ1) is 26.3. The third-order valence-electron chi connectivity index (χ3n) is 5.78. The number of benzene rings is 1. The Labute approximate surface area is 198 Å². The van der Waals surface area contributed by atoms with E-state index in [1.165, 1.54) is 36.9 Å². The zero-order valence-corrected chi connectivity index (χ0v) is 20.6. The predicted octanol–water partition coefficient (Wildman–Crippen LogP) is 1.58. The van der Waals surface area contributed by atoms with E-state index in [1.807, 2.05) is 0 Å². The van der Waals surface area contributed by atoms with Gasteiger partial charge in [-0.05, 0) is 64.7 Å². The van der Waals surface area contributed by atoms with Crippen molar-refractivity contribution >= 4 is 22.0 Å². The summed E-state index contributed by atoms with van der Waals surface area (Å²) in [6.07, 6.45) is 1.30. The van der Waals surface area contributed by atoms with Gasteiger partial charge in [0.2, 0.25) is 10.0 Å². The second-order valence-electron chi connectivity index (χ2n) is 9.89. The first-order valence-corrected chi connectivity index (χ1v) is 12.7. The monoisotopic (exact) mass is 501 g/mol. The highest BCUT2D eigenvalue weighted by atomic mass is 32.2. The molecule has 0 unspecified atom stereocenters. The second-order valence-corrected chi connectivity index (χ2v) is 11.7. The molecule has 0 atom stereocenters. The van der Waals surface area contributed by atoms with Crippen LogP contribution in [0.4, 0.5) is 9.18 Å². The molecule has 0 aromatic heterocycles. The average Bonchev–Trinajstić information content (AvgIpc) is 3.44. The van der Waals surface area contributed by atoms with Crippen molar-refractivity contribution in [1.29, 1.82) is 0 Å². The van der Waals surface area contributed by atoms with Crippen LogP contribution in [0.2, 0.25) is 0 Å². The molecule has 1 saturated heterocycles. The van der Waals surface area contributed by atoms with Crippen LogP contribution in [0.25, 0.3) is 0 Å². The largest absolute Gasteiger partial charge is 0.488 e. The van der Waals surface area contributed by atoms with Crippen LogP contribution in [0, 0.1) is 5.82 Å². The van der Waals surface area contributed by atoms with E-state index in [2.05, 4.69) is 10.0 Å². The molecule has 12 heteroatoms. The lowest BCUT2D eigenvalue weighted by Gasteiger charge is -2.27. The number of carbonyl (C=O) groups is 2. The summed E-state index contributed by atoms with van der Waals surface area (Å²) in [5.41, 5.74) is -2.41. The minimum absolute atomic E-state index is 0.0501. The number of urea groups is 1. The van der Waals surface area contributed by atoms with E-state index in [9.17, 15) is 27.5 Å². The molecule has 34 heavy (non-hydrogen) atoms. The van der Waals surface area contributed by atoms with Gasteiger partial charge in [0.1, 0.15) is 18.9 Å². The lowest BCUT2D eigenvalue weighted by atomic mass is 10.1. The van der Waals surface area contributed by atoms with Gasteiger partial charge in [-0.15, -0.1) is 0 Å². The smallest absolute Gasteiger partial charge is 0.326 e. The number of aliphatic hydroxyl groups is 1. The zero-order chi connectivity index (χ0) is 25.4. The van der Waals surface area contributed by atoms with Gasteiger partial charge in [-0.2, -0.15) is 0 Å². The van der Waals surface area contributed by atoms with Crippen molar-refractivity contribution in [2.75, 3.05) is 25.7 Å². The molecule has 0 bridgehead atoms. The van der Waals surface area contributed by atoms with Gasteiger partial charge in [-0.3, -0.25) is 15.0 Å². The first-order valence-electron chi connectivity index (χ1n) is 11.0. The Morgan fingerprint density at radius 3 is 2.50 bits per heavy atom. The summed E-state index contributed by atoms with van der Waals surface area (Å²) in [6, 6.07) is 3.65. The Morgan fingerprint density at radius 2 is 1.94 bits per heavy atom. The van der Waals surface area contributed by atoms with Crippen molar-refractivity contribution in [2.24, 2.45) is 0 Å². The minimum Gasteiger partial charge on any atom is -0.488 e. The maximum absolute atomic E-state index is 14.1. The molecule has 3 amide bonds. The van der Waals surface area contributed by atoms with Gasteiger partial charge >= 0.3 is 6.03 Å². The van der Waals surface area contributed by atoms with E-state index in [-0.39, 0.29) is 37.9 Å². The summed E-state index contributed by atoms with van der Waals surface area (Å²) >= 11 is 0. The molecule has 3 N–H and O–H groups in total. The summed E-state index contributed by atoms with van der Waals surface area (Å²) in [4.78, 5) is 24.8. The first-order chi connectivity index (χ1) is 15.7. The molecule has 190 valence electrons. The third kappa shape index (κ3) is 6.23. The molecule has 1 heterocycles. The molecule has 2 aliphatic rings. The number of hydrogen-bond acceptors (Lipinski definition) is 7. The van der Waals surface area contributed by atoms with Crippen molar-refractivity contribution in [2.45, 2.75) is 63.6 Å². The topological polar surface area (TPSA) is 134 Å². The van der Waals surface area contributed by atoms with Gasteiger partial charge in [-0.1, -0.05) is 6.07 Å². The number of carbonyl (C=O) groups excluding carboxylic acids is 2. The van der Waals surface area contributed by atoms with E-state index in [4.69, 9.17) is 9.47 Å². The molecule has 1 aromatic carbocycles. The van der Waals surface area contributed by atoms with Gasteiger partial charge < -0.3 is 14.6 Å². The van der Waals surface area contributed by atoms with Crippen molar-refractivity contribution in [1.82, 2.24) is 14.9 Å². The van der Waals surface area contributed by atoms with Gasteiger partial charge in [0.05, 0.1) is 16.9 Å². The standard InChI is InChI=1S/C22H32FN3O7S/c1-20(2,29)13-33-17-12-15(6-7-16(17)23)22(8-9-22)25-34(30,31)11-5-10-32-14-26-19(28)24-18(27)21(26,3)4/h6-7,12,25,29H,5,8-11,13-14H2,1-4H3,(H,24,27,28). The number of amides is 3. The molecule has 1 aliphatic heterocycles. The van der Waals surface area contributed by atoms with Crippen LogP contribution in [0.5, 0.6) is 5.75 Å². The highest BCUT2D eigenvalue weighted by Gasteiger charge is 2.48. The SMILES string of the molecule is CC(C)(O)COc1cc(C2(NS(=O)(=O)CCCOCN3C(=O)NC(=O)C3(C)C)CC2)ccc1F. The molecule has 0 radical (unpaired) electrons. The number of halogens is 1. The lowest BCUT2D eigenvalue weighted by molar-refractivity contribution is -0.126. The molecule has 10 nitrogen and oxygen atoms in total. The Balaban J connectivity index is 1.52. The average molecular weight is 502 g/mol. The minimum atomic E-state index is -3.68. The Hall–Kier alpha value is -2.28. The predicted molar refractivity (Wildman–Crippen MR) is 121 cm³/mol. The summed E-state index contributed by atoms with van der Waals surface area (Å²) in [6.45, 7) is 6.09. The third-order valence-corrected chi connectivity index (χ3v) is 7.31. The Kier molecular flexibility index (Phi) is 7.28. The summed E-state index contributed by atoms with van der Waals surface area (Å²) in [7, 11) is -3.68. The van der Waals surface area contributed by atoms with Crippen molar-refractivity contribution in [3.05, 3.63) is 29.6 Å². The fraction of sp³-hybridized carbons (Fsp3) is 0.636. The van der Waals surface area contributed by atoms with E-state index >= 15 is 0 Å². The zero-order valence-electron chi connectivity index (χ0n) is 19.8. The van der Waals surface area contributed by atoms with Gasteiger partial charge in [0.25, 0.3) is 5.91 Å². The van der Waals surface area contributed by atoms with Crippen LogP contribution in [0.3, 0.4) is 0 Å². The number of sulfonamides is 1. The van der Waals surface area contributed by atoms with Crippen LogP contribution in [-0.4, -0.2) is 67.2 Å². The lowest BCUT2D eigenvalue weighted by Crippen LogP contribution is -2.45. The number of nitrogens with one attached hydrogen (secondary N) is 2. The summed E-state index contributed by atoms with van der Waals surface area (Å²) in [5.74, 6) is -1.27. The normalized spacial score (nSPS) is 19.3. The molecule has 1 aliphatic carbocycles.